The van der Waals surface area contributed by atoms with Crippen LogP contribution in [-0.2, 0) is 6.42 Å². The third kappa shape index (κ3) is 2.50. The number of pyridine rings is 1. The molecule has 4 nitrogen and oxygen atoms in total. The third-order valence-corrected chi connectivity index (χ3v) is 4.12. The van der Waals surface area contributed by atoms with Crippen molar-refractivity contribution in [3.8, 4) is 0 Å². The summed E-state index contributed by atoms with van der Waals surface area (Å²) in [6, 6.07) is 4.02. The highest BCUT2D eigenvalue weighted by atomic mass is 15.0. The lowest BCUT2D eigenvalue weighted by Gasteiger charge is -2.15. The average molecular weight is 282 g/mol. The molecule has 0 aromatic carbocycles. The molecule has 1 aromatic rings. The molecule has 1 aliphatic heterocycles. The minimum atomic E-state index is 0.436. The van der Waals surface area contributed by atoms with Crippen molar-refractivity contribution in [3.05, 3.63) is 41.0 Å². The van der Waals surface area contributed by atoms with Gasteiger partial charge in [0, 0.05) is 24.2 Å². The first-order valence-electron chi connectivity index (χ1n) is 7.85. The quantitative estimate of drug-likeness (QED) is 0.901. The molecule has 0 atom stereocenters. The summed E-state index contributed by atoms with van der Waals surface area (Å²) in [5.74, 6) is 1.38. The van der Waals surface area contributed by atoms with Gasteiger partial charge in [-0.15, -0.1) is 0 Å². The molecule has 1 aromatic heterocycles. The summed E-state index contributed by atoms with van der Waals surface area (Å²) >= 11 is 0. The monoisotopic (exact) mass is 282 g/mol. The van der Waals surface area contributed by atoms with Crippen LogP contribution in [0.5, 0.6) is 0 Å². The molecule has 0 saturated carbocycles. The van der Waals surface area contributed by atoms with E-state index in [-0.39, 0.29) is 0 Å². The molecule has 110 valence electrons. The van der Waals surface area contributed by atoms with E-state index in [9.17, 15) is 0 Å². The van der Waals surface area contributed by atoms with Crippen molar-refractivity contribution in [1.82, 2.24) is 4.98 Å². The van der Waals surface area contributed by atoms with Gasteiger partial charge in [0.1, 0.15) is 17.2 Å². The second-order valence-electron chi connectivity index (χ2n) is 5.77. The molecule has 2 N–H and O–H groups in total. The molecule has 21 heavy (non-hydrogen) atoms. The maximum Gasteiger partial charge on any atom is 0.133 e. The highest BCUT2D eigenvalue weighted by Crippen LogP contribution is 2.30. The predicted molar refractivity (Wildman–Crippen MR) is 86.4 cm³/mol. The number of aliphatic imine (C=N–C) groups is 2. The van der Waals surface area contributed by atoms with Crippen LogP contribution in [0.2, 0.25) is 0 Å². The number of nitrogens with zero attached hydrogens (tertiary/aromatic N) is 3. The van der Waals surface area contributed by atoms with E-state index in [1.54, 1.807) is 0 Å². The van der Waals surface area contributed by atoms with Crippen molar-refractivity contribution in [3.63, 3.8) is 0 Å². The van der Waals surface area contributed by atoms with Crippen molar-refractivity contribution in [1.29, 1.82) is 0 Å². The Labute approximate surface area is 125 Å². The molecule has 0 bridgehead atoms. The maximum atomic E-state index is 6.21. The van der Waals surface area contributed by atoms with Crippen LogP contribution >= 0.6 is 0 Å². The van der Waals surface area contributed by atoms with Crippen molar-refractivity contribution < 1.29 is 0 Å². The Bertz CT molecular complexity index is 634. The zero-order valence-corrected chi connectivity index (χ0v) is 12.8. The Morgan fingerprint density at radius 3 is 2.67 bits per heavy atom. The smallest absolute Gasteiger partial charge is 0.133 e. The van der Waals surface area contributed by atoms with Gasteiger partial charge in [-0.1, -0.05) is 32.8 Å². The molecule has 0 spiro atoms. The summed E-state index contributed by atoms with van der Waals surface area (Å²) in [5, 5.41) is 0. The second-order valence-corrected chi connectivity index (χ2v) is 5.77. The van der Waals surface area contributed by atoms with Gasteiger partial charge in [-0.05, 0) is 24.5 Å². The Balaban J connectivity index is 2.00. The van der Waals surface area contributed by atoms with Gasteiger partial charge in [-0.3, -0.25) is 4.98 Å². The summed E-state index contributed by atoms with van der Waals surface area (Å²) in [4.78, 5) is 14.0. The molecule has 2 aliphatic rings. The topological polar surface area (TPSA) is 63.6 Å². The minimum Gasteiger partial charge on any atom is -0.400 e. The summed E-state index contributed by atoms with van der Waals surface area (Å²) < 4.78 is 0. The van der Waals surface area contributed by atoms with E-state index in [2.05, 4.69) is 24.9 Å². The number of hydrogen-bond acceptors (Lipinski definition) is 4. The molecular weight excluding hydrogens is 260 g/mol. The molecule has 0 fully saturated rings. The molecule has 2 heterocycles. The van der Waals surface area contributed by atoms with Crippen LogP contribution in [0.15, 0.2) is 39.7 Å². The zero-order chi connectivity index (χ0) is 14.8. The normalized spacial score (nSPS) is 16.7. The van der Waals surface area contributed by atoms with Crippen molar-refractivity contribution in [2.45, 2.75) is 46.0 Å². The Kier molecular flexibility index (Phi) is 3.86. The van der Waals surface area contributed by atoms with E-state index < -0.39 is 0 Å². The predicted octanol–water partition coefficient (Wildman–Crippen LogP) is 3.23. The van der Waals surface area contributed by atoms with Gasteiger partial charge in [-0.25, -0.2) is 9.98 Å². The number of rotatable bonds is 5. The van der Waals surface area contributed by atoms with Gasteiger partial charge < -0.3 is 5.73 Å². The fraction of sp³-hybridized carbons (Fsp3) is 0.471. The largest absolute Gasteiger partial charge is 0.400 e. The maximum absolute atomic E-state index is 6.21. The number of fused-ring (bicyclic) bond motifs is 3. The van der Waals surface area contributed by atoms with Crippen LogP contribution in [0.3, 0.4) is 0 Å². The first-order chi connectivity index (χ1) is 10.2. The molecule has 3 rings (SSSR count). The number of allylic oxidation sites excluding steroid dienone is 2. The lowest BCUT2D eigenvalue weighted by atomic mass is 9.96. The van der Waals surface area contributed by atoms with Crippen LogP contribution in [-0.4, -0.2) is 16.5 Å². The fourth-order valence-corrected chi connectivity index (χ4v) is 3.11. The van der Waals surface area contributed by atoms with E-state index in [0.29, 0.717) is 5.92 Å². The van der Waals surface area contributed by atoms with Gasteiger partial charge in [0.2, 0.25) is 0 Å². The summed E-state index contributed by atoms with van der Waals surface area (Å²) in [6.07, 6.45) is 7.10. The summed E-state index contributed by atoms with van der Waals surface area (Å²) in [5.41, 5.74) is 10.9. The van der Waals surface area contributed by atoms with Crippen LogP contribution in [0.4, 0.5) is 0 Å². The van der Waals surface area contributed by atoms with E-state index in [1.165, 1.54) is 0 Å². The van der Waals surface area contributed by atoms with E-state index in [4.69, 9.17) is 15.7 Å². The molecule has 0 unspecified atom stereocenters. The van der Waals surface area contributed by atoms with E-state index in [0.717, 1.165) is 66.3 Å². The molecule has 0 radical (unpaired) electrons. The summed E-state index contributed by atoms with van der Waals surface area (Å²) in [6.45, 7) is 4.42. The lowest BCUT2D eigenvalue weighted by molar-refractivity contribution is 0.556. The standard InChI is InChI=1S/C17H22N4/c1-3-6-11(7-4-2)17-20-15-13(18)10-12-8-5-9-19-14(12)16(15)21-17/h5,8-9,11H,3-4,6-7,10,18H2,1-2H3. The first kappa shape index (κ1) is 14.0. The molecule has 0 amide bonds. The summed E-state index contributed by atoms with van der Waals surface area (Å²) in [7, 11) is 0. The van der Waals surface area contributed by atoms with Gasteiger partial charge in [0.15, 0.2) is 0 Å². The van der Waals surface area contributed by atoms with E-state index in [1.807, 2.05) is 12.3 Å². The third-order valence-electron chi connectivity index (χ3n) is 4.12. The van der Waals surface area contributed by atoms with Gasteiger partial charge >= 0.3 is 0 Å². The minimum absolute atomic E-state index is 0.436. The van der Waals surface area contributed by atoms with Gasteiger partial charge in [0.05, 0.1) is 5.69 Å². The van der Waals surface area contributed by atoms with Crippen LogP contribution in [0.25, 0.3) is 0 Å². The molecule has 0 saturated heterocycles. The van der Waals surface area contributed by atoms with Gasteiger partial charge in [-0.2, -0.15) is 0 Å². The lowest BCUT2D eigenvalue weighted by Crippen LogP contribution is -2.20. The van der Waals surface area contributed by atoms with Crippen molar-refractivity contribution in [2.75, 3.05) is 0 Å². The SMILES string of the molecule is CCCC(CCC)C1=NC2=C(N)Cc3cccnc3C2=N1. The van der Waals surface area contributed by atoms with Crippen molar-refractivity contribution >= 4 is 11.5 Å². The van der Waals surface area contributed by atoms with Crippen molar-refractivity contribution in [2.24, 2.45) is 21.6 Å². The average Bonchev–Trinajstić information content (AvgIpc) is 2.93. The second kappa shape index (κ2) is 5.80. The Morgan fingerprint density at radius 2 is 1.95 bits per heavy atom. The fourth-order valence-electron chi connectivity index (χ4n) is 3.11. The number of nitrogens with two attached hydrogens (primary N) is 1. The van der Waals surface area contributed by atoms with Crippen LogP contribution in [0, 0.1) is 5.92 Å². The Morgan fingerprint density at radius 1 is 1.19 bits per heavy atom. The van der Waals surface area contributed by atoms with Crippen LogP contribution < -0.4 is 5.73 Å². The zero-order valence-electron chi connectivity index (χ0n) is 12.8. The first-order valence-corrected chi connectivity index (χ1v) is 7.85. The number of amidine groups is 1. The molecule has 4 heteroatoms. The number of aromatic nitrogens is 1. The highest BCUT2D eigenvalue weighted by Gasteiger charge is 2.30. The van der Waals surface area contributed by atoms with Crippen LogP contribution in [0.1, 0.15) is 50.8 Å². The number of hydrogen-bond donors (Lipinski definition) is 1. The highest BCUT2D eigenvalue weighted by molar-refractivity contribution is 6.22. The van der Waals surface area contributed by atoms with E-state index >= 15 is 0 Å². The Hall–Kier alpha value is -1.97. The molecule has 1 aliphatic carbocycles. The molecular formula is C17H22N4. The van der Waals surface area contributed by atoms with Gasteiger partial charge in [0.25, 0.3) is 0 Å².